The van der Waals surface area contributed by atoms with Crippen LogP contribution in [-0.4, -0.2) is 23.6 Å². The predicted molar refractivity (Wildman–Crippen MR) is 42.2 cm³/mol. The molecule has 0 aliphatic carbocycles. The van der Waals surface area contributed by atoms with Gasteiger partial charge in [-0.2, -0.15) is 13.5 Å². The van der Waals surface area contributed by atoms with Gasteiger partial charge in [0.05, 0.1) is 11.7 Å². The van der Waals surface area contributed by atoms with Crippen LogP contribution in [0.25, 0.3) is 11.0 Å². The summed E-state index contributed by atoms with van der Waals surface area (Å²) >= 11 is 0. The summed E-state index contributed by atoms with van der Waals surface area (Å²) in [6, 6.07) is 2.48. The predicted octanol–water partition coefficient (Wildman–Crippen LogP) is 0.616. The molecular weight excluding hydrogens is 197 g/mol. The lowest BCUT2D eigenvalue weighted by molar-refractivity contribution is 0.548. The monoisotopic (exact) mass is 201 g/mol. The Balaban J connectivity index is 2.75. The van der Waals surface area contributed by atoms with Crippen molar-refractivity contribution in [2.75, 3.05) is 0 Å². The number of halogens is 1. The van der Waals surface area contributed by atoms with E-state index >= 15 is 0 Å². The molecule has 2 aromatic rings. The number of aromatic nitrogens is 3. The van der Waals surface area contributed by atoms with E-state index in [0.717, 1.165) is 6.07 Å². The highest BCUT2D eigenvalue weighted by molar-refractivity contribution is 7.86. The van der Waals surface area contributed by atoms with Crippen LogP contribution in [0.15, 0.2) is 23.4 Å². The summed E-state index contributed by atoms with van der Waals surface area (Å²) in [6.45, 7) is 0. The van der Waals surface area contributed by atoms with Crippen LogP contribution in [0, 0.1) is 0 Å². The molecule has 68 valence electrons. The van der Waals surface area contributed by atoms with Gasteiger partial charge in [0.25, 0.3) is 0 Å². The van der Waals surface area contributed by atoms with Crippen molar-refractivity contribution < 1.29 is 12.3 Å². The van der Waals surface area contributed by atoms with Crippen LogP contribution in [-0.2, 0) is 10.2 Å². The van der Waals surface area contributed by atoms with Crippen molar-refractivity contribution in [1.82, 2.24) is 15.2 Å². The number of rotatable bonds is 1. The van der Waals surface area contributed by atoms with Crippen LogP contribution in [0.4, 0.5) is 3.89 Å². The maximum absolute atomic E-state index is 12.4. The Morgan fingerprint density at radius 2 is 2.15 bits per heavy atom. The van der Waals surface area contributed by atoms with Gasteiger partial charge in [0.1, 0.15) is 5.52 Å². The molecule has 5 nitrogen and oxygen atoms in total. The third-order valence-electron chi connectivity index (χ3n) is 1.52. The Kier molecular flexibility index (Phi) is 1.56. The molecule has 0 spiro atoms. The van der Waals surface area contributed by atoms with Crippen molar-refractivity contribution in [3.8, 4) is 0 Å². The van der Waals surface area contributed by atoms with Gasteiger partial charge in [0.2, 0.25) is 0 Å². The number of fused-ring (bicyclic) bond motifs is 1. The van der Waals surface area contributed by atoms with Crippen molar-refractivity contribution in [2.45, 2.75) is 5.03 Å². The van der Waals surface area contributed by atoms with E-state index < -0.39 is 15.2 Å². The number of hydrogen-bond donors (Lipinski definition) is 1. The van der Waals surface area contributed by atoms with E-state index in [-0.39, 0.29) is 0 Å². The molecule has 0 fully saturated rings. The minimum atomic E-state index is -4.72. The number of hydrogen-bond acceptors (Lipinski definition) is 4. The second kappa shape index (κ2) is 2.49. The molecule has 2 heterocycles. The maximum atomic E-state index is 12.4. The summed E-state index contributed by atoms with van der Waals surface area (Å²) in [7, 11) is -4.72. The third-order valence-corrected chi connectivity index (χ3v) is 2.25. The van der Waals surface area contributed by atoms with Gasteiger partial charge in [-0.1, -0.05) is 3.89 Å². The van der Waals surface area contributed by atoms with Crippen molar-refractivity contribution in [3.05, 3.63) is 18.3 Å². The van der Waals surface area contributed by atoms with Gasteiger partial charge < -0.3 is 0 Å². The molecule has 0 radical (unpaired) electrons. The maximum Gasteiger partial charge on any atom is 0.349 e. The molecule has 0 atom stereocenters. The van der Waals surface area contributed by atoms with Crippen molar-refractivity contribution in [3.63, 3.8) is 0 Å². The molecular formula is C6H4FN3O2S. The van der Waals surface area contributed by atoms with Crippen molar-refractivity contribution >= 4 is 21.3 Å². The number of H-pyrrole nitrogens is 1. The van der Waals surface area contributed by atoms with E-state index in [1.165, 1.54) is 12.3 Å². The highest BCUT2D eigenvalue weighted by Crippen LogP contribution is 2.13. The zero-order valence-corrected chi connectivity index (χ0v) is 7.05. The van der Waals surface area contributed by atoms with Crippen LogP contribution >= 0.6 is 0 Å². The van der Waals surface area contributed by atoms with Crippen molar-refractivity contribution in [2.24, 2.45) is 0 Å². The zero-order chi connectivity index (χ0) is 9.47. The average Bonchev–Trinajstić information content (AvgIpc) is 2.47. The van der Waals surface area contributed by atoms with Gasteiger partial charge in [-0.3, -0.25) is 5.10 Å². The molecule has 0 aromatic carbocycles. The van der Waals surface area contributed by atoms with E-state index in [1.54, 1.807) is 0 Å². The summed E-state index contributed by atoms with van der Waals surface area (Å²) in [5, 5.41) is 5.59. The SMILES string of the molecule is O=S(=O)(F)c1ccc2[nH]ncc2n1. The molecule has 13 heavy (non-hydrogen) atoms. The second-order valence-corrected chi connectivity index (χ2v) is 3.68. The molecule has 0 amide bonds. The fourth-order valence-corrected chi connectivity index (χ4v) is 1.39. The molecule has 0 saturated carbocycles. The molecule has 0 bridgehead atoms. The smallest absolute Gasteiger partial charge is 0.276 e. The molecule has 0 unspecified atom stereocenters. The lowest BCUT2D eigenvalue weighted by Gasteiger charge is -1.92. The van der Waals surface area contributed by atoms with E-state index in [4.69, 9.17) is 0 Å². The molecule has 2 rings (SSSR count). The highest BCUT2D eigenvalue weighted by Gasteiger charge is 2.14. The zero-order valence-electron chi connectivity index (χ0n) is 6.23. The van der Waals surface area contributed by atoms with Gasteiger partial charge in [-0.25, -0.2) is 4.98 Å². The summed E-state index contributed by atoms with van der Waals surface area (Å²) < 4.78 is 33.3. The van der Waals surface area contributed by atoms with E-state index in [2.05, 4.69) is 15.2 Å². The highest BCUT2D eigenvalue weighted by atomic mass is 32.3. The first-order valence-corrected chi connectivity index (χ1v) is 4.70. The standard InChI is InChI=1S/C6H4FN3O2S/c7-13(11,12)6-2-1-4-5(9-6)3-8-10-4/h1-3H,(H,8,10). The lowest BCUT2D eigenvalue weighted by atomic mass is 10.4. The van der Waals surface area contributed by atoms with Gasteiger partial charge in [0, 0.05) is 0 Å². The minimum absolute atomic E-state index is 0.318. The third kappa shape index (κ3) is 1.37. The van der Waals surface area contributed by atoms with E-state index in [9.17, 15) is 12.3 Å². The molecule has 0 aliphatic rings. The Morgan fingerprint density at radius 3 is 2.85 bits per heavy atom. The van der Waals surface area contributed by atoms with E-state index in [1.807, 2.05) is 0 Å². The largest absolute Gasteiger partial charge is 0.349 e. The topological polar surface area (TPSA) is 75.7 Å². The van der Waals surface area contributed by atoms with Crippen LogP contribution in [0.3, 0.4) is 0 Å². The first-order valence-electron chi connectivity index (χ1n) is 3.32. The van der Waals surface area contributed by atoms with Gasteiger partial charge in [0.15, 0.2) is 5.03 Å². The molecule has 2 aromatic heterocycles. The van der Waals surface area contributed by atoms with Crippen LogP contribution in [0.5, 0.6) is 0 Å². The Labute approximate surface area is 72.8 Å². The quantitative estimate of drug-likeness (QED) is 0.686. The number of nitrogens with zero attached hydrogens (tertiary/aromatic N) is 2. The van der Waals surface area contributed by atoms with Gasteiger partial charge in [-0.05, 0) is 12.1 Å². The summed E-state index contributed by atoms with van der Waals surface area (Å²) in [5.41, 5.74) is 0.881. The van der Waals surface area contributed by atoms with Crippen molar-refractivity contribution in [1.29, 1.82) is 0 Å². The van der Waals surface area contributed by atoms with Crippen LogP contribution in [0.2, 0.25) is 0 Å². The molecule has 1 N–H and O–H groups in total. The molecule has 0 aliphatic heterocycles. The summed E-state index contributed by atoms with van der Waals surface area (Å²) in [4.78, 5) is 3.55. The first-order chi connectivity index (χ1) is 6.07. The lowest BCUT2D eigenvalue weighted by Crippen LogP contribution is -1.95. The summed E-state index contributed by atoms with van der Waals surface area (Å²) in [6.07, 6.45) is 1.32. The van der Waals surface area contributed by atoms with Gasteiger partial charge >= 0.3 is 10.2 Å². The summed E-state index contributed by atoms with van der Waals surface area (Å²) in [5.74, 6) is 0. The second-order valence-electron chi connectivity index (χ2n) is 2.39. The Morgan fingerprint density at radius 1 is 1.38 bits per heavy atom. The fraction of sp³-hybridized carbons (Fsp3) is 0. The number of nitrogens with one attached hydrogen (secondary N) is 1. The molecule has 7 heteroatoms. The minimum Gasteiger partial charge on any atom is -0.276 e. The first kappa shape index (κ1) is 8.11. The normalized spacial score (nSPS) is 12.1. The fourth-order valence-electron chi connectivity index (χ4n) is 0.948. The number of aromatic amines is 1. The Bertz CT molecular complexity index is 548. The van der Waals surface area contributed by atoms with Crippen LogP contribution < -0.4 is 0 Å². The van der Waals surface area contributed by atoms with E-state index in [0.29, 0.717) is 11.0 Å². The number of pyridine rings is 1. The Hall–Kier alpha value is -1.50. The average molecular weight is 201 g/mol. The van der Waals surface area contributed by atoms with Crippen LogP contribution in [0.1, 0.15) is 0 Å². The van der Waals surface area contributed by atoms with Gasteiger partial charge in [-0.15, -0.1) is 0 Å². The molecule has 0 saturated heterocycles.